The first kappa shape index (κ1) is 12.8. The van der Waals surface area contributed by atoms with Crippen LogP contribution in [-0.4, -0.2) is 16.3 Å². The number of nitrogens with zero attached hydrogens (tertiary/aromatic N) is 2. The molecule has 0 radical (unpaired) electrons. The van der Waals surface area contributed by atoms with Crippen LogP contribution < -0.4 is 5.73 Å². The van der Waals surface area contributed by atoms with Gasteiger partial charge in [-0.3, -0.25) is 4.68 Å². The van der Waals surface area contributed by atoms with E-state index in [-0.39, 0.29) is 24.8 Å². The van der Waals surface area contributed by atoms with Crippen molar-refractivity contribution in [2.24, 2.45) is 11.1 Å². The van der Waals surface area contributed by atoms with E-state index in [1.807, 2.05) is 23.1 Å². The number of nitrogens with two attached hydrogens (primary N) is 1. The second-order valence-corrected chi connectivity index (χ2v) is 3.41. The van der Waals surface area contributed by atoms with E-state index in [4.69, 9.17) is 5.73 Å². The van der Waals surface area contributed by atoms with Gasteiger partial charge in [-0.25, -0.2) is 0 Å². The second-order valence-electron chi connectivity index (χ2n) is 3.41. The van der Waals surface area contributed by atoms with Gasteiger partial charge in [0.25, 0.3) is 0 Å². The minimum Gasteiger partial charge on any atom is -0.330 e. The molecule has 0 aromatic carbocycles. The zero-order valence-electron chi connectivity index (χ0n) is 7.35. The van der Waals surface area contributed by atoms with Crippen LogP contribution in [0.4, 0.5) is 0 Å². The summed E-state index contributed by atoms with van der Waals surface area (Å²) < 4.78 is 1.97. The maximum atomic E-state index is 5.64. The molecule has 0 bridgehead atoms. The summed E-state index contributed by atoms with van der Waals surface area (Å²) in [6.07, 6.45) is 6.34. The standard InChI is InChI=1S/C8H13N3.2ClH/c9-6-8(2-3-8)7-11-5-1-4-10-11;;/h1,4-5H,2-3,6-7,9H2;2*1H. The molecular weight excluding hydrogens is 209 g/mol. The summed E-state index contributed by atoms with van der Waals surface area (Å²) in [4.78, 5) is 0. The van der Waals surface area contributed by atoms with Crippen molar-refractivity contribution < 1.29 is 0 Å². The number of aromatic nitrogens is 2. The Balaban J connectivity index is 0.000000720. The number of rotatable bonds is 3. The molecule has 0 saturated heterocycles. The van der Waals surface area contributed by atoms with Crippen molar-refractivity contribution in [2.75, 3.05) is 6.54 Å². The molecule has 13 heavy (non-hydrogen) atoms. The van der Waals surface area contributed by atoms with E-state index in [0.717, 1.165) is 13.1 Å². The lowest BCUT2D eigenvalue weighted by Gasteiger charge is -2.11. The lowest BCUT2D eigenvalue weighted by Crippen LogP contribution is -2.21. The molecule has 5 heteroatoms. The molecule has 1 saturated carbocycles. The summed E-state index contributed by atoms with van der Waals surface area (Å²) in [5.41, 5.74) is 6.04. The highest BCUT2D eigenvalue weighted by Crippen LogP contribution is 2.45. The van der Waals surface area contributed by atoms with Gasteiger partial charge in [0.15, 0.2) is 0 Å². The SMILES string of the molecule is Cl.Cl.NCC1(Cn2cccn2)CC1. The van der Waals surface area contributed by atoms with Crippen LogP contribution in [-0.2, 0) is 6.54 Å². The number of hydrogen-bond acceptors (Lipinski definition) is 2. The molecule has 1 aromatic heterocycles. The van der Waals surface area contributed by atoms with Gasteiger partial charge in [0.05, 0.1) is 0 Å². The monoisotopic (exact) mass is 223 g/mol. The fourth-order valence-electron chi connectivity index (χ4n) is 1.34. The van der Waals surface area contributed by atoms with Gasteiger partial charge in [0.2, 0.25) is 0 Å². The van der Waals surface area contributed by atoms with Crippen LogP contribution in [0.25, 0.3) is 0 Å². The fraction of sp³-hybridized carbons (Fsp3) is 0.625. The van der Waals surface area contributed by atoms with Crippen LogP contribution in [0.15, 0.2) is 18.5 Å². The Morgan fingerprint density at radius 1 is 1.38 bits per heavy atom. The van der Waals surface area contributed by atoms with E-state index >= 15 is 0 Å². The second kappa shape index (κ2) is 4.84. The Morgan fingerprint density at radius 2 is 2.08 bits per heavy atom. The Labute approximate surface area is 90.5 Å². The molecule has 1 aliphatic rings. The molecule has 1 aliphatic carbocycles. The molecule has 1 heterocycles. The maximum Gasteiger partial charge on any atom is 0.0489 e. The van der Waals surface area contributed by atoms with Gasteiger partial charge in [-0.15, -0.1) is 24.8 Å². The van der Waals surface area contributed by atoms with Crippen LogP contribution in [0.2, 0.25) is 0 Å². The summed E-state index contributed by atoms with van der Waals surface area (Å²) in [6.45, 7) is 1.80. The highest BCUT2D eigenvalue weighted by Gasteiger charge is 2.41. The average molecular weight is 224 g/mol. The van der Waals surface area contributed by atoms with Crippen LogP contribution in [0.5, 0.6) is 0 Å². The third kappa shape index (κ3) is 2.86. The highest BCUT2D eigenvalue weighted by atomic mass is 35.5. The van der Waals surface area contributed by atoms with E-state index in [9.17, 15) is 0 Å². The Bertz CT molecular complexity index is 232. The largest absolute Gasteiger partial charge is 0.330 e. The summed E-state index contributed by atoms with van der Waals surface area (Å²) in [5.74, 6) is 0. The molecule has 3 nitrogen and oxygen atoms in total. The molecule has 1 fully saturated rings. The van der Waals surface area contributed by atoms with Gasteiger partial charge in [0, 0.05) is 24.4 Å². The molecule has 1 aromatic rings. The Hall–Kier alpha value is -0.250. The van der Waals surface area contributed by atoms with Gasteiger partial charge >= 0.3 is 0 Å². The zero-order chi connectivity index (χ0) is 7.73. The third-order valence-corrected chi connectivity index (χ3v) is 2.45. The number of hydrogen-bond donors (Lipinski definition) is 1. The van der Waals surface area contributed by atoms with Crippen LogP contribution in [0.1, 0.15) is 12.8 Å². The zero-order valence-corrected chi connectivity index (χ0v) is 8.98. The van der Waals surface area contributed by atoms with Crippen molar-refractivity contribution >= 4 is 24.8 Å². The van der Waals surface area contributed by atoms with Crippen molar-refractivity contribution in [3.8, 4) is 0 Å². The summed E-state index contributed by atoms with van der Waals surface area (Å²) in [5, 5.41) is 4.15. The van der Waals surface area contributed by atoms with E-state index in [1.54, 1.807) is 0 Å². The van der Waals surface area contributed by atoms with Gasteiger partial charge in [-0.1, -0.05) is 0 Å². The van der Waals surface area contributed by atoms with E-state index in [1.165, 1.54) is 12.8 Å². The lowest BCUT2D eigenvalue weighted by atomic mass is 10.1. The first-order valence-corrected chi connectivity index (χ1v) is 4.02. The van der Waals surface area contributed by atoms with Crippen LogP contribution >= 0.6 is 24.8 Å². The molecule has 0 atom stereocenters. The highest BCUT2D eigenvalue weighted by molar-refractivity contribution is 5.85. The number of halogens is 2. The Kier molecular flexibility index (Phi) is 4.75. The van der Waals surface area contributed by atoms with Crippen molar-refractivity contribution in [1.82, 2.24) is 9.78 Å². The van der Waals surface area contributed by atoms with E-state index in [0.29, 0.717) is 5.41 Å². The molecule has 2 rings (SSSR count). The molecule has 0 unspecified atom stereocenters. The summed E-state index contributed by atoms with van der Waals surface area (Å²) in [6, 6.07) is 1.95. The molecule has 76 valence electrons. The van der Waals surface area contributed by atoms with Crippen molar-refractivity contribution in [3.05, 3.63) is 18.5 Å². The van der Waals surface area contributed by atoms with Crippen molar-refractivity contribution in [1.29, 1.82) is 0 Å². The van der Waals surface area contributed by atoms with Gasteiger partial charge in [0.1, 0.15) is 0 Å². The quantitative estimate of drug-likeness (QED) is 0.844. The average Bonchev–Trinajstić information content (AvgIpc) is 2.59. The van der Waals surface area contributed by atoms with E-state index in [2.05, 4.69) is 5.10 Å². The third-order valence-electron chi connectivity index (χ3n) is 2.45. The topological polar surface area (TPSA) is 43.8 Å². The molecular formula is C8H15Cl2N3. The smallest absolute Gasteiger partial charge is 0.0489 e. The lowest BCUT2D eigenvalue weighted by molar-refractivity contribution is 0.407. The first-order chi connectivity index (χ1) is 5.35. The first-order valence-electron chi connectivity index (χ1n) is 4.02. The maximum absolute atomic E-state index is 5.64. The predicted molar refractivity (Wildman–Crippen MR) is 57.4 cm³/mol. The molecule has 0 spiro atoms. The van der Waals surface area contributed by atoms with Crippen molar-refractivity contribution in [3.63, 3.8) is 0 Å². The molecule has 0 aliphatic heterocycles. The predicted octanol–water partition coefficient (Wildman–Crippen LogP) is 1.47. The normalized spacial score (nSPS) is 17.0. The minimum atomic E-state index is 0. The minimum absolute atomic E-state index is 0. The van der Waals surface area contributed by atoms with Crippen molar-refractivity contribution in [2.45, 2.75) is 19.4 Å². The van der Waals surface area contributed by atoms with E-state index < -0.39 is 0 Å². The van der Waals surface area contributed by atoms with Gasteiger partial charge in [-0.05, 0) is 25.5 Å². The molecule has 0 amide bonds. The summed E-state index contributed by atoms with van der Waals surface area (Å²) in [7, 11) is 0. The van der Waals surface area contributed by atoms with Crippen LogP contribution in [0, 0.1) is 5.41 Å². The van der Waals surface area contributed by atoms with Crippen LogP contribution in [0.3, 0.4) is 0 Å². The molecule has 2 N–H and O–H groups in total. The fourth-order valence-corrected chi connectivity index (χ4v) is 1.34. The van der Waals surface area contributed by atoms with Gasteiger partial charge in [-0.2, -0.15) is 5.10 Å². The van der Waals surface area contributed by atoms with Gasteiger partial charge < -0.3 is 5.73 Å². The Morgan fingerprint density at radius 3 is 2.46 bits per heavy atom. The summed E-state index contributed by atoms with van der Waals surface area (Å²) >= 11 is 0.